The number of hydrogen-bond donors (Lipinski definition) is 1. The number of rotatable bonds is 7. The summed E-state index contributed by atoms with van der Waals surface area (Å²) in [5, 5.41) is 1.25. The van der Waals surface area contributed by atoms with Gasteiger partial charge in [-0.25, -0.2) is 0 Å². The molecule has 110 valence electrons. The topological polar surface area (TPSA) is 40.2 Å². The van der Waals surface area contributed by atoms with Crippen LogP contribution in [-0.4, -0.2) is 11.2 Å². The fourth-order valence-electron chi connectivity index (χ4n) is 2.70. The third kappa shape index (κ3) is 2.83. The molecule has 20 heavy (non-hydrogen) atoms. The molecule has 0 spiro atoms. The Bertz CT molecular complexity index is 572. The molecule has 0 radical (unpaired) electrons. The van der Waals surface area contributed by atoms with E-state index in [1.165, 1.54) is 35.0 Å². The van der Waals surface area contributed by atoms with Crippen molar-refractivity contribution >= 4 is 10.9 Å². The average molecular weight is 274 g/mol. The fourth-order valence-corrected chi connectivity index (χ4v) is 2.70. The van der Waals surface area contributed by atoms with Crippen LogP contribution in [0.4, 0.5) is 0 Å². The van der Waals surface area contributed by atoms with Crippen LogP contribution in [0.3, 0.4) is 0 Å². The van der Waals surface area contributed by atoms with Crippen molar-refractivity contribution in [1.82, 2.24) is 4.57 Å². The van der Waals surface area contributed by atoms with Crippen molar-refractivity contribution < 1.29 is 4.74 Å². The van der Waals surface area contributed by atoms with E-state index in [1.54, 1.807) is 0 Å². The Morgan fingerprint density at radius 2 is 2.00 bits per heavy atom. The van der Waals surface area contributed by atoms with Crippen molar-refractivity contribution in [2.75, 3.05) is 6.61 Å². The molecule has 0 saturated heterocycles. The van der Waals surface area contributed by atoms with E-state index < -0.39 is 0 Å². The summed E-state index contributed by atoms with van der Waals surface area (Å²) in [6.07, 6.45) is 3.43. The maximum absolute atomic E-state index is 5.95. The zero-order valence-electron chi connectivity index (χ0n) is 12.9. The molecule has 0 aliphatic carbocycles. The summed E-state index contributed by atoms with van der Waals surface area (Å²) in [7, 11) is 0. The highest BCUT2D eigenvalue weighted by Gasteiger charge is 2.13. The maximum atomic E-state index is 5.95. The maximum Gasteiger partial charge on any atom is 0.120 e. The molecular formula is C17H26N2O. The molecule has 0 fully saturated rings. The lowest BCUT2D eigenvalue weighted by atomic mass is 10.1. The molecule has 3 heteroatoms. The highest BCUT2D eigenvalue weighted by atomic mass is 16.5. The predicted molar refractivity (Wildman–Crippen MR) is 85.3 cm³/mol. The third-order valence-corrected chi connectivity index (χ3v) is 3.84. The second kappa shape index (κ2) is 6.80. The number of hydrogen-bond acceptors (Lipinski definition) is 2. The molecule has 0 bridgehead atoms. The number of ether oxygens (including phenoxy) is 1. The summed E-state index contributed by atoms with van der Waals surface area (Å²) >= 11 is 0. The molecular weight excluding hydrogens is 248 g/mol. The van der Waals surface area contributed by atoms with E-state index in [2.05, 4.69) is 43.5 Å². The zero-order chi connectivity index (χ0) is 14.5. The Hall–Kier alpha value is -1.48. The minimum atomic E-state index is 0.582. The van der Waals surface area contributed by atoms with Crippen LogP contribution in [0.5, 0.6) is 5.75 Å². The van der Waals surface area contributed by atoms with Crippen LogP contribution in [0.15, 0.2) is 18.2 Å². The predicted octanol–water partition coefficient (Wildman–Crippen LogP) is 4.00. The van der Waals surface area contributed by atoms with Gasteiger partial charge in [0, 0.05) is 29.7 Å². The number of nitrogens with zero attached hydrogens (tertiary/aromatic N) is 1. The lowest BCUT2D eigenvalue weighted by Gasteiger charge is -2.08. The van der Waals surface area contributed by atoms with Gasteiger partial charge in [-0.2, -0.15) is 0 Å². The molecule has 0 unspecified atom stereocenters. The van der Waals surface area contributed by atoms with Gasteiger partial charge in [-0.1, -0.05) is 20.3 Å². The Morgan fingerprint density at radius 3 is 2.65 bits per heavy atom. The molecule has 0 saturated carbocycles. The molecule has 0 amide bonds. The van der Waals surface area contributed by atoms with Crippen LogP contribution in [0.1, 0.15) is 44.4 Å². The van der Waals surface area contributed by atoms with E-state index in [9.17, 15) is 0 Å². The SMILES string of the molecule is CCCCn1c(C)c(CN)c2cc(OCCC)ccc21. The smallest absolute Gasteiger partial charge is 0.120 e. The van der Waals surface area contributed by atoms with E-state index in [0.717, 1.165) is 25.3 Å². The van der Waals surface area contributed by atoms with Gasteiger partial charge in [0.1, 0.15) is 5.75 Å². The molecule has 0 atom stereocenters. The number of nitrogens with two attached hydrogens (primary N) is 1. The first-order valence-corrected chi connectivity index (χ1v) is 7.67. The first-order chi connectivity index (χ1) is 9.72. The van der Waals surface area contributed by atoms with Gasteiger partial charge < -0.3 is 15.0 Å². The van der Waals surface area contributed by atoms with Gasteiger partial charge in [0.15, 0.2) is 0 Å². The summed E-state index contributed by atoms with van der Waals surface area (Å²) in [6, 6.07) is 6.38. The largest absolute Gasteiger partial charge is 0.494 e. The molecule has 1 aromatic heterocycles. The lowest BCUT2D eigenvalue weighted by molar-refractivity contribution is 0.318. The molecule has 3 nitrogen and oxygen atoms in total. The van der Waals surface area contributed by atoms with Crippen LogP contribution in [-0.2, 0) is 13.1 Å². The molecule has 2 N–H and O–H groups in total. The number of aryl methyl sites for hydroxylation is 1. The fraction of sp³-hybridized carbons (Fsp3) is 0.529. The normalized spacial score (nSPS) is 11.2. The summed E-state index contributed by atoms with van der Waals surface area (Å²) in [5.41, 5.74) is 9.78. The summed E-state index contributed by atoms with van der Waals surface area (Å²) in [6.45, 7) is 8.92. The highest BCUT2D eigenvalue weighted by Crippen LogP contribution is 2.29. The number of benzene rings is 1. The third-order valence-electron chi connectivity index (χ3n) is 3.84. The van der Waals surface area contributed by atoms with Gasteiger partial charge in [-0.15, -0.1) is 0 Å². The van der Waals surface area contributed by atoms with E-state index in [1.807, 2.05) is 0 Å². The first kappa shape index (κ1) is 14.9. The Kier molecular flexibility index (Phi) is 5.07. The molecule has 0 aliphatic heterocycles. The van der Waals surface area contributed by atoms with E-state index >= 15 is 0 Å². The van der Waals surface area contributed by atoms with Crippen molar-refractivity contribution in [3.8, 4) is 5.75 Å². The summed E-state index contributed by atoms with van der Waals surface area (Å²) < 4.78 is 8.14. The zero-order valence-corrected chi connectivity index (χ0v) is 12.9. The minimum Gasteiger partial charge on any atom is -0.494 e. The van der Waals surface area contributed by atoms with Crippen LogP contribution in [0, 0.1) is 6.92 Å². The van der Waals surface area contributed by atoms with Crippen LogP contribution < -0.4 is 10.5 Å². The second-order valence-corrected chi connectivity index (χ2v) is 5.30. The van der Waals surface area contributed by atoms with Gasteiger partial charge in [0.05, 0.1) is 6.61 Å². The van der Waals surface area contributed by atoms with Crippen molar-refractivity contribution in [3.63, 3.8) is 0 Å². The Morgan fingerprint density at radius 1 is 1.20 bits per heavy atom. The van der Waals surface area contributed by atoms with Crippen molar-refractivity contribution in [2.24, 2.45) is 5.73 Å². The molecule has 1 heterocycles. The molecule has 2 aromatic rings. The van der Waals surface area contributed by atoms with Crippen molar-refractivity contribution in [2.45, 2.75) is 53.1 Å². The molecule has 2 rings (SSSR count). The minimum absolute atomic E-state index is 0.582. The quantitative estimate of drug-likeness (QED) is 0.829. The Labute approximate surface area is 121 Å². The summed E-state index contributed by atoms with van der Waals surface area (Å²) in [4.78, 5) is 0. The van der Waals surface area contributed by atoms with Crippen LogP contribution >= 0.6 is 0 Å². The summed E-state index contributed by atoms with van der Waals surface area (Å²) in [5.74, 6) is 0.946. The van der Waals surface area contributed by atoms with Crippen molar-refractivity contribution in [1.29, 1.82) is 0 Å². The van der Waals surface area contributed by atoms with Gasteiger partial charge in [-0.05, 0) is 43.5 Å². The van der Waals surface area contributed by atoms with Crippen LogP contribution in [0.2, 0.25) is 0 Å². The monoisotopic (exact) mass is 274 g/mol. The van der Waals surface area contributed by atoms with E-state index in [-0.39, 0.29) is 0 Å². The number of unbranched alkanes of at least 4 members (excludes halogenated alkanes) is 1. The van der Waals surface area contributed by atoms with Gasteiger partial charge in [-0.3, -0.25) is 0 Å². The second-order valence-electron chi connectivity index (χ2n) is 5.30. The Balaban J connectivity index is 2.45. The lowest BCUT2D eigenvalue weighted by Crippen LogP contribution is -2.02. The van der Waals surface area contributed by atoms with Gasteiger partial charge >= 0.3 is 0 Å². The van der Waals surface area contributed by atoms with E-state index in [0.29, 0.717) is 6.54 Å². The average Bonchev–Trinajstić information content (AvgIpc) is 2.73. The standard InChI is InChI=1S/C17H26N2O/c1-4-6-9-19-13(3)16(12-18)15-11-14(20-10-5-2)7-8-17(15)19/h7-8,11H,4-6,9-10,12,18H2,1-3H3. The first-order valence-electron chi connectivity index (χ1n) is 7.67. The molecule has 1 aromatic carbocycles. The molecule has 0 aliphatic rings. The van der Waals surface area contributed by atoms with Crippen LogP contribution in [0.25, 0.3) is 10.9 Å². The van der Waals surface area contributed by atoms with E-state index in [4.69, 9.17) is 10.5 Å². The van der Waals surface area contributed by atoms with Gasteiger partial charge in [0.2, 0.25) is 0 Å². The highest BCUT2D eigenvalue weighted by molar-refractivity contribution is 5.86. The van der Waals surface area contributed by atoms with Gasteiger partial charge in [0.25, 0.3) is 0 Å². The number of aromatic nitrogens is 1. The number of fused-ring (bicyclic) bond motifs is 1. The van der Waals surface area contributed by atoms with Crippen molar-refractivity contribution in [3.05, 3.63) is 29.5 Å².